The van der Waals surface area contributed by atoms with Crippen LogP contribution >= 0.6 is 11.3 Å². The minimum atomic E-state index is -0.283. The standard InChI is InChI=1S/C21H21FN2O3S/c1-13-19(28-21(24-13)15-5-4-6-16(22)11-15)9-10-23-20(25)14-7-8-17(26-2)18(12-14)27-3/h4-8,11-12H,9-10H2,1-3H3,(H,23,25). The molecule has 0 radical (unpaired) electrons. The van der Waals surface area contributed by atoms with Crippen molar-refractivity contribution in [1.29, 1.82) is 0 Å². The Kier molecular flexibility index (Phi) is 6.26. The van der Waals surface area contributed by atoms with Crippen LogP contribution in [0.25, 0.3) is 10.6 Å². The number of methoxy groups -OCH3 is 2. The van der Waals surface area contributed by atoms with Gasteiger partial charge in [-0.1, -0.05) is 12.1 Å². The number of halogens is 1. The maximum Gasteiger partial charge on any atom is 0.251 e. The Labute approximate surface area is 167 Å². The van der Waals surface area contributed by atoms with Crippen LogP contribution in [0.1, 0.15) is 20.9 Å². The van der Waals surface area contributed by atoms with Crippen molar-refractivity contribution in [1.82, 2.24) is 10.3 Å². The van der Waals surface area contributed by atoms with Gasteiger partial charge < -0.3 is 14.8 Å². The summed E-state index contributed by atoms with van der Waals surface area (Å²) in [6.45, 7) is 2.39. The molecule has 0 fully saturated rings. The van der Waals surface area contributed by atoms with E-state index in [1.165, 1.54) is 30.6 Å². The third-order valence-electron chi connectivity index (χ3n) is 4.25. The van der Waals surface area contributed by atoms with Crippen LogP contribution in [0.2, 0.25) is 0 Å². The molecule has 1 aromatic heterocycles. The fourth-order valence-electron chi connectivity index (χ4n) is 2.77. The van der Waals surface area contributed by atoms with Crippen LogP contribution in [0, 0.1) is 12.7 Å². The fraction of sp³-hybridized carbons (Fsp3) is 0.238. The van der Waals surface area contributed by atoms with Crippen LogP contribution in [0.5, 0.6) is 11.5 Å². The van der Waals surface area contributed by atoms with Crippen LogP contribution in [-0.2, 0) is 6.42 Å². The summed E-state index contributed by atoms with van der Waals surface area (Å²) in [6.07, 6.45) is 0.651. The number of ether oxygens (including phenoxy) is 2. The molecular formula is C21H21FN2O3S. The second-order valence-electron chi connectivity index (χ2n) is 6.11. The van der Waals surface area contributed by atoms with Gasteiger partial charge in [0, 0.05) is 29.0 Å². The van der Waals surface area contributed by atoms with Crippen LogP contribution in [-0.4, -0.2) is 31.7 Å². The molecular weight excluding hydrogens is 379 g/mol. The quantitative estimate of drug-likeness (QED) is 0.644. The monoisotopic (exact) mass is 400 g/mol. The lowest BCUT2D eigenvalue weighted by Crippen LogP contribution is -2.25. The number of hydrogen-bond donors (Lipinski definition) is 1. The van der Waals surface area contributed by atoms with Crippen LogP contribution in [0.4, 0.5) is 4.39 Å². The number of aryl methyl sites for hydroxylation is 1. The maximum absolute atomic E-state index is 13.4. The maximum atomic E-state index is 13.4. The molecule has 0 aliphatic rings. The average molecular weight is 400 g/mol. The van der Waals surface area contributed by atoms with Gasteiger partial charge in [0.1, 0.15) is 10.8 Å². The molecule has 28 heavy (non-hydrogen) atoms. The molecule has 0 bridgehead atoms. The summed E-state index contributed by atoms with van der Waals surface area (Å²) in [7, 11) is 3.08. The van der Waals surface area contributed by atoms with E-state index in [1.807, 2.05) is 13.0 Å². The number of amides is 1. The Morgan fingerprint density at radius 3 is 2.64 bits per heavy atom. The van der Waals surface area contributed by atoms with E-state index < -0.39 is 0 Å². The van der Waals surface area contributed by atoms with Gasteiger partial charge in [0.05, 0.1) is 19.9 Å². The summed E-state index contributed by atoms with van der Waals surface area (Å²) < 4.78 is 23.8. The molecule has 146 valence electrons. The van der Waals surface area contributed by atoms with E-state index in [2.05, 4.69) is 10.3 Å². The highest BCUT2D eigenvalue weighted by atomic mass is 32.1. The Morgan fingerprint density at radius 2 is 1.93 bits per heavy atom. The Bertz CT molecular complexity index is 988. The number of aromatic nitrogens is 1. The normalized spacial score (nSPS) is 10.6. The van der Waals surface area contributed by atoms with Gasteiger partial charge in [0.2, 0.25) is 0 Å². The van der Waals surface area contributed by atoms with Crippen LogP contribution in [0.15, 0.2) is 42.5 Å². The highest BCUT2D eigenvalue weighted by Gasteiger charge is 2.13. The van der Waals surface area contributed by atoms with E-state index in [4.69, 9.17) is 9.47 Å². The van der Waals surface area contributed by atoms with Crippen molar-refractivity contribution in [3.8, 4) is 22.1 Å². The van der Waals surface area contributed by atoms with Crippen molar-refractivity contribution < 1.29 is 18.7 Å². The molecule has 1 heterocycles. The predicted octanol–water partition coefficient (Wildman–Crippen LogP) is 4.25. The molecule has 1 amide bonds. The van der Waals surface area contributed by atoms with Gasteiger partial charge >= 0.3 is 0 Å². The van der Waals surface area contributed by atoms with Gasteiger partial charge in [-0.25, -0.2) is 9.37 Å². The Hall–Kier alpha value is -2.93. The van der Waals surface area contributed by atoms with E-state index >= 15 is 0 Å². The third kappa shape index (κ3) is 4.48. The first-order valence-corrected chi connectivity index (χ1v) is 9.56. The molecule has 0 atom stereocenters. The topological polar surface area (TPSA) is 60.5 Å². The number of carbonyl (C=O) groups is 1. The van der Waals surface area contributed by atoms with Gasteiger partial charge in [-0.3, -0.25) is 4.79 Å². The average Bonchev–Trinajstić information content (AvgIpc) is 3.08. The lowest BCUT2D eigenvalue weighted by atomic mass is 10.2. The lowest BCUT2D eigenvalue weighted by molar-refractivity contribution is 0.0953. The van der Waals surface area contributed by atoms with Crippen molar-refractivity contribution >= 4 is 17.2 Å². The molecule has 7 heteroatoms. The molecule has 3 aromatic rings. The van der Waals surface area contributed by atoms with Gasteiger partial charge in [-0.2, -0.15) is 0 Å². The number of rotatable bonds is 7. The highest BCUT2D eigenvalue weighted by Crippen LogP contribution is 2.29. The number of nitrogens with zero attached hydrogens (tertiary/aromatic N) is 1. The van der Waals surface area contributed by atoms with E-state index in [0.717, 1.165) is 21.1 Å². The summed E-state index contributed by atoms with van der Waals surface area (Å²) >= 11 is 1.51. The number of nitrogens with one attached hydrogen (secondary N) is 1. The molecule has 0 saturated heterocycles. The minimum absolute atomic E-state index is 0.187. The zero-order valence-electron chi connectivity index (χ0n) is 15.9. The van der Waals surface area contributed by atoms with E-state index in [-0.39, 0.29) is 11.7 Å². The summed E-state index contributed by atoms with van der Waals surface area (Å²) in [5.41, 5.74) is 2.15. The molecule has 0 saturated carbocycles. The zero-order chi connectivity index (χ0) is 20.1. The third-order valence-corrected chi connectivity index (χ3v) is 5.51. The molecule has 2 aromatic carbocycles. The Morgan fingerprint density at radius 1 is 1.14 bits per heavy atom. The van der Waals surface area contributed by atoms with Crippen molar-refractivity contribution in [2.75, 3.05) is 20.8 Å². The Balaban J connectivity index is 1.63. The first-order valence-electron chi connectivity index (χ1n) is 8.74. The first-order chi connectivity index (χ1) is 13.5. The largest absolute Gasteiger partial charge is 0.493 e. The lowest BCUT2D eigenvalue weighted by Gasteiger charge is -2.10. The second-order valence-corrected chi connectivity index (χ2v) is 7.20. The van der Waals surface area contributed by atoms with Gasteiger partial charge in [0.25, 0.3) is 5.91 Å². The molecule has 3 rings (SSSR count). The summed E-state index contributed by atoms with van der Waals surface area (Å²) in [5, 5.41) is 3.68. The fourth-order valence-corrected chi connectivity index (χ4v) is 3.83. The number of thiazole rings is 1. The molecule has 1 N–H and O–H groups in total. The first kappa shape index (κ1) is 19.8. The van der Waals surface area contributed by atoms with Crippen LogP contribution in [0.3, 0.4) is 0 Å². The predicted molar refractivity (Wildman–Crippen MR) is 108 cm³/mol. The zero-order valence-corrected chi connectivity index (χ0v) is 16.7. The molecule has 0 aliphatic heterocycles. The summed E-state index contributed by atoms with van der Waals surface area (Å²) in [4.78, 5) is 18.0. The highest BCUT2D eigenvalue weighted by molar-refractivity contribution is 7.15. The second kappa shape index (κ2) is 8.84. The molecule has 0 unspecified atom stereocenters. The van der Waals surface area contributed by atoms with Crippen LogP contribution < -0.4 is 14.8 Å². The van der Waals surface area contributed by atoms with Gasteiger partial charge in [-0.15, -0.1) is 11.3 Å². The minimum Gasteiger partial charge on any atom is -0.493 e. The van der Waals surface area contributed by atoms with E-state index in [1.54, 1.807) is 31.4 Å². The number of hydrogen-bond acceptors (Lipinski definition) is 5. The summed E-state index contributed by atoms with van der Waals surface area (Å²) in [5.74, 6) is 0.611. The van der Waals surface area contributed by atoms with Crippen molar-refractivity contribution in [2.24, 2.45) is 0 Å². The van der Waals surface area contributed by atoms with E-state index in [0.29, 0.717) is 30.0 Å². The van der Waals surface area contributed by atoms with Gasteiger partial charge in [0.15, 0.2) is 11.5 Å². The SMILES string of the molecule is COc1ccc(C(=O)NCCc2sc(-c3cccc(F)c3)nc2C)cc1OC. The summed E-state index contributed by atoms with van der Waals surface area (Å²) in [6, 6.07) is 11.4. The number of benzene rings is 2. The van der Waals surface area contributed by atoms with Crippen molar-refractivity contribution in [3.05, 3.63) is 64.4 Å². The molecule has 5 nitrogen and oxygen atoms in total. The molecule has 0 aliphatic carbocycles. The molecule has 0 spiro atoms. The van der Waals surface area contributed by atoms with Crippen molar-refractivity contribution in [2.45, 2.75) is 13.3 Å². The smallest absolute Gasteiger partial charge is 0.251 e. The number of carbonyl (C=O) groups excluding carboxylic acids is 1. The van der Waals surface area contributed by atoms with E-state index in [9.17, 15) is 9.18 Å². The van der Waals surface area contributed by atoms with Crippen molar-refractivity contribution in [3.63, 3.8) is 0 Å². The van der Waals surface area contributed by atoms with Gasteiger partial charge in [-0.05, 0) is 37.3 Å².